The molecule has 1 N–H and O–H groups in total. The average Bonchev–Trinajstić information content (AvgIpc) is 2.95. The maximum atomic E-state index is 14.0. The summed E-state index contributed by atoms with van der Waals surface area (Å²) in [5, 5.41) is 2.99. The molecule has 3 aromatic rings. The number of fused-ring (bicyclic) bond motifs is 1. The fourth-order valence-electron chi connectivity index (χ4n) is 2.34. The van der Waals surface area contributed by atoms with Crippen LogP contribution in [-0.2, 0) is 6.54 Å². The van der Waals surface area contributed by atoms with Crippen LogP contribution in [0.4, 0.5) is 8.78 Å². The highest BCUT2D eigenvalue weighted by Gasteiger charge is 2.21. The maximum Gasteiger partial charge on any atom is 0.265 e. The van der Waals surface area contributed by atoms with Gasteiger partial charge < -0.3 is 10.1 Å². The topological polar surface area (TPSA) is 38.3 Å². The lowest BCUT2D eigenvalue weighted by Gasteiger charge is -2.07. The Bertz CT molecular complexity index is 926. The molecule has 3 nitrogen and oxygen atoms in total. The van der Waals surface area contributed by atoms with Crippen molar-refractivity contribution in [1.82, 2.24) is 5.32 Å². The molecule has 0 fully saturated rings. The van der Waals surface area contributed by atoms with Crippen LogP contribution in [0.15, 0.2) is 36.4 Å². The van der Waals surface area contributed by atoms with Gasteiger partial charge in [0.2, 0.25) is 0 Å². The molecule has 0 atom stereocenters. The van der Waals surface area contributed by atoms with Gasteiger partial charge in [-0.25, -0.2) is 8.78 Å². The molecule has 24 heavy (non-hydrogen) atoms. The maximum absolute atomic E-state index is 14.0. The van der Waals surface area contributed by atoms with Crippen molar-refractivity contribution in [3.63, 3.8) is 0 Å². The Morgan fingerprint density at radius 2 is 2.04 bits per heavy atom. The van der Waals surface area contributed by atoms with Crippen LogP contribution in [-0.4, -0.2) is 13.0 Å². The highest BCUT2D eigenvalue weighted by Crippen LogP contribution is 2.39. The molecule has 0 aliphatic heterocycles. The fourth-order valence-corrected chi connectivity index (χ4v) is 3.64. The number of carbonyl (C=O) groups excluding carboxylic acids is 1. The van der Waals surface area contributed by atoms with Crippen LogP contribution in [0.1, 0.15) is 15.2 Å². The fraction of sp³-hybridized carbons (Fsp3) is 0.118. The van der Waals surface area contributed by atoms with Gasteiger partial charge in [-0.15, -0.1) is 11.3 Å². The standard InChI is InChI=1S/C17H12ClF2NO2S/c1-23-15-14-12(20)3-2-4-13(14)24-16(15)17(22)21-8-9-5-6-11(19)10(18)7-9/h2-7H,8H2,1H3,(H,21,22). The molecule has 7 heteroatoms. The van der Waals surface area contributed by atoms with Crippen molar-refractivity contribution in [1.29, 1.82) is 0 Å². The summed E-state index contributed by atoms with van der Waals surface area (Å²) in [4.78, 5) is 12.7. The Labute approximate surface area is 145 Å². The third-order valence-electron chi connectivity index (χ3n) is 3.47. The molecule has 124 valence electrons. The minimum Gasteiger partial charge on any atom is -0.494 e. The van der Waals surface area contributed by atoms with E-state index in [-0.39, 0.29) is 22.2 Å². The number of halogens is 3. The minimum atomic E-state index is -0.520. The van der Waals surface area contributed by atoms with E-state index in [2.05, 4.69) is 5.32 Å². The van der Waals surface area contributed by atoms with Gasteiger partial charge >= 0.3 is 0 Å². The second kappa shape index (κ2) is 6.75. The molecule has 2 aromatic carbocycles. The molecular weight excluding hydrogens is 356 g/mol. The first kappa shape index (κ1) is 16.7. The number of thiophene rings is 1. The highest BCUT2D eigenvalue weighted by atomic mass is 35.5. The number of carbonyl (C=O) groups is 1. The van der Waals surface area contributed by atoms with E-state index in [9.17, 15) is 13.6 Å². The monoisotopic (exact) mass is 367 g/mol. The molecule has 0 bridgehead atoms. The summed E-state index contributed by atoms with van der Waals surface area (Å²) in [6.07, 6.45) is 0. The molecule has 0 spiro atoms. The van der Waals surface area contributed by atoms with E-state index in [0.29, 0.717) is 15.6 Å². The van der Waals surface area contributed by atoms with Crippen molar-refractivity contribution in [3.05, 3.63) is 63.5 Å². The van der Waals surface area contributed by atoms with Crippen molar-refractivity contribution in [2.45, 2.75) is 6.54 Å². The van der Waals surface area contributed by atoms with Crippen LogP contribution in [0.3, 0.4) is 0 Å². The van der Waals surface area contributed by atoms with E-state index in [4.69, 9.17) is 16.3 Å². The molecule has 0 saturated heterocycles. The SMILES string of the molecule is COc1c(C(=O)NCc2ccc(F)c(Cl)c2)sc2cccc(F)c12. The van der Waals surface area contributed by atoms with Gasteiger partial charge in [0, 0.05) is 11.2 Å². The number of methoxy groups -OCH3 is 1. The van der Waals surface area contributed by atoms with Crippen LogP contribution < -0.4 is 10.1 Å². The van der Waals surface area contributed by atoms with E-state index in [1.165, 1.54) is 31.4 Å². The summed E-state index contributed by atoms with van der Waals surface area (Å²) < 4.78 is 33.0. The second-order valence-electron chi connectivity index (χ2n) is 5.01. The van der Waals surface area contributed by atoms with Crippen molar-refractivity contribution < 1.29 is 18.3 Å². The predicted octanol–water partition coefficient (Wildman–Crippen LogP) is 4.77. The highest BCUT2D eigenvalue weighted by molar-refractivity contribution is 7.21. The summed E-state index contributed by atoms with van der Waals surface area (Å²) in [5.41, 5.74) is 0.654. The lowest BCUT2D eigenvalue weighted by Crippen LogP contribution is -2.22. The van der Waals surface area contributed by atoms with Crippen LogP contribution in [0, 0.1) is 11.6 Å². The van der Waals surface area contributed by atoms with Gasteiger partial charge in [0.05, 0.1) is 17.5 Å². The lowest BCUT2D eigenvalue weighted by atomic mass is 10.2. The van der Waals surface area contributed by atoms with Crippen LogP contribution in [0.2, 0.25) is 5.02 Å². The predicted molar refractivity (Wildman–Crippen MR) is 90.9 cm³/mol. The van der Waals surface area contributed by atoms with Gasteiger partial charge in [-0.3, -0.25) is 4.79 Å². The van der Waals surface area contributed by atoms with E-state index < -0.39 is 17.5 Å². The first-order valence-electron chi connectivity index (χ1n) is 6.98. The smallest absolute Gasteiger partial charge is 0.265 e. The van der Waals surface area contributed by atoms with Crippen molar-refractivity contribution >= 4 is 38.9 Å². The number of nitrogens with one attached hydrogen (secondary N) is 1. The Hall–Kier alpha value is -2.18. The molecule has 1 amide bonds. The zero-order chi connectivity index (χ0) is 17.3. The van der Waals surface area contributed by atoms with E-state index in [0.717, 1.165) is 11.3 Å². The Kier molecular flexibility index (Phi) is 4.69. The first-order valence-corrected chi connectivity index (χ1v) is 8.18. The van der Waals surface area contributed by atoms with Crippen LogP contribution >= 0.6 is 22.9 Å². The normalized spacial score (nSPS) is 10.8. The van der Waals surface area contributed by atoms with E-state index >= 15 is 0 Å². The number of rotatable bonds is 4. The lowest BCUT2D eigenvalue weighted by molar-refractivity contribution is 0.0952. The largest absolute Gasteiger partial charge is 0.494 e. The van der Waals surface area contributed by atoms with Crippen LogP contribution in [0.25, 0.3) is 10.1 Å². The Morgan fingerprint density at radius 1 is 1.25 bits per heavy atom. The van der Waals surface area contributed by atoms with E-state index in [1.807, 2.05) is 0 Å². The number of benzene rings is 2. The minimum absolute atomic E-state index is 0.0109. The van der Waals surface area contributed by atoms with Gasteiger partial charge in [0.15, 0.2) is 5.75 Å². The molecule has 1 heterocycles. The summed E-state index contributed by atoms with van der Waals surface area (Å²) in [6.45, 7) is 0.165. The average molecular weight is 368 g/mol. The molecule has 0 unspecified atom stereocenters. The van der Waals surface area contributed by atoms with Crippen LogP contribution in [0.5, 0.6) is 5.75 Å². The quantitative estimate of drug-likeness (QED) is 0.721. The summed E-state index contributed by atoms with van der Waals surface area (Å²) in [7, 11) is 1.39. The number of ether oxygens (including phenoxy) is 1. The van der Waals surface area contributed by atoms with Gasteiger partial charge in [0.25, 0.3) is 5.91 Å². The summed E-state index contributed by atoms with van der Waals surface area (Å²) in [5.74, 6) is -1.14. The Balaban J connectivity index is 1.86. The molecular formula is C17H12ClF2NO2S. The van der Waals surface area contributed by atoms with Gasteiger partial charge in [-0.1, -0.05) is 23.7 Å². The number of amides is 1. The van der Waals surface area contributed by atoms with Crippen molar-refractivity contribution in [2.75, 3.05) is 7.11 Å². The molecule has 3 rings (SSSR count). The van der Waals surface area contributed by atoms with Crippen molar-refractivity contribution in [2.24, 2.45) is 0 Å². The van der Waals surface area contributed by atoms with Gasteiger partial charge in [-0.2, -0.15) is 0 Å². The zero-order valence-corrected chi connectivity index (χ0v) is 14.1. The molecule has 0 saturated carbocycles. The molecule has 0 aliphatic carbocycles. The van der Waals surface area contributed by atoms with Gasteiger partial charge in [-0.05, 0) is 29.8 Å². The Morgan fingerprint density at radius 3 is 2.75 bits per heavy atom. The van der Waals surface area contributed by atoms with Crippen molar-refractivity contribution in [3.8, 4) is 5.75 Å². The summed E-state index contributed by atoms with van der Waals surface area (Å²) in [6, 6.07) is 8.83. The third kappa shape index (κ3) is 3.07. The number of hydrogen-bond acceptors (Lipinski definition) is 3. The van der Waals surface area contributed by atoms with Gasteiger partial charge in [0.1, 0.15) is 16.5 Å². The summed E-state index contributed by atoms with van der Waals surface area (Å²) >= 11 is 6.87. The third-order valence-corrected chi connectivity index (χ3v) is 4.89. The molecule has 0 aliphatic rings. The first-order chi connectivity index (χ1) is 11.5. The number of hydrogen-bond donors (Lipinski definition) is 1. The zero-order valence-electron chi connectivity index (χ0n) is 12.5. The second-order valence-corrected chi connectivity index (χ2v) is 6.47. The molecule has 0 radical (unpaired) electrons. The van der Waals surface area contributed by atoms with E-state index in [1.54, 1.807) is 12.1 Å². The molecule has 1 aromatic heterocycles.